The van der Waals surface area contributed by atoms with E-state index in [4.69, 9.17) is 5.11 Å². The number of carboxylic acid groups (broad SMARTS) is 1. The second-order valence-electron chi connectivity index (χ2n) is 3.08. The van der Waals surface area contributed by atoms with E-state index in [1.165, 1.54) is 0 Å². The van der Waals surface area contributed by atoms with E-state index in [9.17, 15) is 14.1 Å². The Balaban J connectivity index is 2.87. The maximum absolute atomic E-state index is 12.1. The van der Waals surface area contributed by atoms with E-state index in [0.29, 0.717) is 13.0 Å². The minimum Gasteiger partial charge on any atom is -0.479 e. The van der Waals surface area contributed by atoms with Crippen molar-refractivity contribution in [3.05, 3.63) is 4.91 Å². The van der Waals surface area contributed by atoms with Crippen LogP contribution in [0.25, 0.3) is 0 Å². The van der Waals surface area contributed by atoms with Gasteiger partial charge in [-0.25, -0.2) is 9.80 Å². The summed E-state index contributed by atoms with van der Waals surface area (Å²) in [7, 11) is 0. The molecular formula is C7H11FN2O3. The predicted molar refractivity (Wildman–Crippen MR) is 42.7 cm³/mol. The molecule has 0 amide bonds. The topological polar surface area (TPSA) is 70.0 Å². The van der Waals surface area contributed by atoms with Crippen LogP contribution in [0.4, 0.5) is 4.39 Å². The highest BCUT2D eigenvalue weighted by atomic mass is 19.1. The van der Waals surface area contributed by atoms with Crippen LogP contribution < -0.4 is 0 Å². The fourth-order valence-electron chi connectivity index (χ4n) is 1.72. The molecule has 1 fully saturated rings. The van der Waals surface area contributed by atoms with Crippen LogP contribution in [-0.2, 0) is 4.79 Å². The Kier molecular flexibility index (Phi) is 2.79. The molecule has 0 spiro atoms. The molecule has 0 bridgehead atoms. The van der Waals surface area contributed by atoms with Crippen LogP contribution in [-0.4, -0.2) is 34.8 Å². The molecule has 0 aromatic heterocycles. The molecule has 13 heavy (non-hydrogen) atoms. The van der Waals surface area contributed by atoms with E-state index in [1.54, 1.807) is 0 Å². The molecular weight excluding hydrogens is 179 g/mol. The van der Waals surface area contributed by atoms with Gasteiger partial charge >= 0.3 is 5.97 Å². The van der Waals surface area contributed by atoms with Crippen molar-refractivity contribution in [3.63, 3.8) is 0 Å². The Labute approximate surface area is 74.5 Å². The summed E-state index contributed by atoms with van der Waals surface area (Å²) >= 11 is 0. The standard InChI is InChI=1S/C7H11FN2O3/c8-4-3-7(6(11)12)2-1-5-10(7)9-13/h1-5H2,(H,11,12). The van der Waals surface area contributed by atoms with Gasteiger partial charge in [-0.3, -0.25) is 4.39 Å². The highest BCUT2D eigenvalue weighted by Gasteiger charge is 2.48. The third-order valence-corrected chi connectivity index (χ3v) is 2.46. The summed E-state index contributed by atoms with van der Waals surface area (Å²) in [4.78, 5) is 21.2. The monoisotopic (exact) mass is 190 g/mol. The van der Waals surface area contributed by atoms with Crippen molar-refractivity contribution in [1.82, 2.24) is 5.01 Å². The van der Waals surface area contributed by atoms with Crippen molar-refractivity contribution in [2.75, 3.05) is 13.2 Å². The fourth-order valence-corrected chi connectivity index (χ4v) is 1.72. The van der Waals surface area contributed by atoms with Gasteiger partial charge in [0, 0.05) is 13.0 Å². The third-order valence-electron chi connectivity index (χ3n) is 2.46. The first-order valence-electron chi connectivity index (χ1n) is 4.07. The molecule has 1 N–H and O–H groups in total. The summed E-state index contributed by atoms with van der Waals surface area (Å²) < 4.78 is 12.1. The Morgan fingerprint density at radius 2 is 2.38 bits per heavy atom. The third kappa shape index (κ3) is 1.48. The van der Waals surface area contributed by atoms with Gasteiger partial charge in [0.2, 0.25) is 0 Å². The normalized spacial score (nSPS) is 27.6. The van der Waals surface area contributed by atoms with Gasteiger partial charge < -0.3 is 5.11 Å². The van der Waals surface area contributed by atoms with Crippen molar-refractivity contribution in [2.24, 2.45) is 5.29 Å². The lowest BCUT2D eigenvalue weighted by molar-refractivity contribution is -0.150. The lowest BCUT2D eigenvalue weighted by atomic mass is 9.94. The molecule has 1 saturated heterocycles. The number of nitroso groups, excluding NO2 is 1. The lowest BCUT2D eigenvalue weighted by Crippen LogP contribution is -2.48. The number of nitrogens with zero attached hydrogens (tertiary/aromatic N) is 2. The number of alkyl halides is 1. The average molecular weight is 190 g/mol. The Morgan fingerprint density at radius 3 is 2.85 bits per heavy atom. The summed E-state index contributed by atoms with van der Waals surface area (Å²) in [5.41, 5.74) is -1.39. The van der Waals surface area contributed by atoms with E-state index in [1.807, 2.05) is 0 Å². The van der Waals surface area contributed by atoms with Gasteiger partial charge in [0.25, 0.3) is 0 Å². The van der Waals surface area contributed by atoms with Gasteiger partial charge in [-0.1, -0.05) is 0 Å². The number of aliphatic carboxylic acids is 1. The molecule has 1 aliphatic heterocycles. The van der Waals surface area contributed by atoms with Crippen molar-refractivity contribution in [1.29, 1.82) is 0 Å². The maximum Gasteiger partial charge on any atom is 0.331 e. The average Bonchev–Trinajstić information content (AvgIpc) is 2.49. The maximum atomic E-state index is 12.1. The molecule has 0 saturated carbocycles. The Hall–Kier alpha value is -1.20. The molecule has 6 heteroatoms. The van der Waals surface area contributed by atoms with Gasteiger partial charge in [-0.05, 0) is 12.8 Å². The zero-order valence-electron chi connectivity index (χ0n) is 7.07. The van der Waals surface area contributed by atoms with Crippen molar-refractivity contribution >= 4 is 5.97 Å². The first-order chi connectivity index (χ1) is 6.17. The number of hydrogen-bond acceptors (Lipinski definition) is 3. The zero-order valence-corrected chi connectivity index (χ0v) is 7.07. The van der Waals surface area contributed by atoms with Crippen LogP contribution in [0.2, 0.25) is 0 Å². The molecule has 0 aromatic rings. The molecule has 1 unspecified atom stereocenters. The minimum absolute atomic E-state index is 0.173. The van der Waals surface area contributed by atoms with Crippen molar-refractivity contribution in [2.45, 2.75) is 24.8 Å². The van der Waals surface area contributed by atoms with Crippen LogP contribution >= 0.6 is 0 Å². The lowest BCUT2D eigenvalue weighted by Gasteiger charge is -2.28. The first kappa shape index (κ1) is 9.88. The van der Waals surface area contributed by atoms with Crippen LogP contribution in [0.1, 0.15) is 19.3 Å². The summed E-state index contributed by atoms with van der Waals surface area (Å²) in [6, 6.07) is 0. The quantitative estimate of drug-likeness (QED) is 0.670. The summed E-state index contributed by atoms with van der Waals surface area (Å²) in [6.45, 7) is -0.450. The minimum atomic E-state index is -1.39. The second-order valence-corrected chi connectivity index (χ2v) is 3.08. The molecule has 74 valence electrons. The highest BCUT2D eigenvalue weighted by molar-refractivity contribution is 5.79. The first-order valence-corrected chi connectivity index (χ1v) is 4.07. The number of rotatable bonds is 4. The Bertz CT molecular complexity index is 224. The van der Waals surface area contributed by atoms with Crippen LogP contribution in [0.15, 0.2) is 5.29 Å². The van der Waals surface area contributed by atoms with Crippen molar-refractivity contribution < 1.29 is 14.3 Å². The van der Waals surface area contributed by atoms with Gasteiger partial charge in [0.1, 0.15) is 0 Å². The number of carboxylic acids is 1. The molecule has 1 aliphatic rings. The zero-order chi connectivity index (χ0) is 9.90. The molecule has 1 heterocycles. The predicted octanol–water partition coefficient (Wildman–Crippen LogP) is 0.947. The molecule has 0 aromatic carbocycles. The molecule has 1 atom stereocenters. The van der Waals surface area contributed by atoms with E-state index in [-0.39, 0.29) is 12.8 Å². The number of halogens is 1. The molecule has 0 aliphatic carbocycles. The number of hydrogen-bond donors (Lipinski definition) is 1. The number of carbonyl (C=O) groups is 1. The van der Waals surface area contributed by atoms with Crippen LogP contribution in [0.5, 0.6) is 0 Å². The van der Waals surface area contributed by atoms with Crippen LogP contribution in [0.3, 0.4) is 0 Å². The second kappa shape index (κ2) is 3.68. The van der Waals surface area contributed by atoms with E-state index in [0.717, 1.165) is 5.01 Å². The van der Waals surface area contributed by atoms with E-state index < -0.39 is 18.2 Å². The van der Waals surface area contributed by atoms with Crippen LogP contribution in [0, 0.1) is 4.91 Å². The fraction of sp³-hybridized carbons (Fsp3) is 0.857. The van der Waals surface area contributed by atoms with Gasteiger partial charge in [-0.2, -0.15) is 0 Å². The largest absolute Gasteiger partial charge is 0.479 e. The van der Waals surface area contributed by atoms with Gasteiger partial charge in [0.15, 0.2) is 5.54 Å². The van der Waals surface area contributed by atoms with Gasteiger partial charge in [-0.15, -0.1) is 4.91 Å². The van der Waals surface area contributed by atoms with Gasteiger partial charge in [0.05, 0.1) is 12.0 Å². The van der Waals surface area contributed by atoms with E-state index in [2.05, 4.69) is 5.29 Å². The smallest absolute Gasteiger partial charge is 0.331 e. The Morgan fingerprint density at radius 1 is 1.69 bits per heavy atom. The van der Waals surface area contributed by atoms with Crippen molar-refractivity contribution in [3.8, 4) is 0 Å². The summed E-state index contributed by atoms with van der Waals surface area (Å²) in [5, 5.41) is 12.4. The van der Waals surface area contributed by atoms with E-state index >= 15 is 0 Å². The molecule has 5 nitrogen and oxygen atoms in total. The summed E-state index contributed by atoms with van der Waals surface area (Å²) in [5.74, 6) is -1.16. The SMILES string of the molecule is O=NN1CCCC1(CCF)C(=O)O. The molecule has 1 rings (SSSR count). The molecule has 0 radical (unpaired) electrons. The highest BCUT2D eigenvalue weighted by Crippen LogP contribution is 2.33. The summed E-state index contributed by atoms with van der Waals surface area (Å²) in [6.07, 6.45) is 0.685.